The number of nitrogens with zero attached hydrogens (tertiary/aromatic N) is 1. The van der Waals surface area contributed by atoms with Crippen LogP contribution < -0.4 is 16.0 Å². The van der Waals surface area contributed by atoms with E-state index in [0.717, 1.165) is 12.1 Å². The number of carbonyl (C=O) groups is 1. The van der Waals surface area contributed by atoms with Crippen LogP contribution in [0.4, 0.5) is 0 Å². The number of guanidine groups is 1. The van der Waals surface area contributed by atoms with Crippen molar-refractivity contribution in [2.45, 2.75) is 57.6 Å². The van der Waals surface area contributed by atoms with Crippen molar-refractivity contribution in [1.29, 1.82) is 0 Å². The van der Waals surface area contributed by atoms with Gasteiger partial charge in [-0.2, -0.15) is 0 Å². The maximum absolute atomic E-state index is 11.9. The molecule has 1 aliphatic rings. The van der Waals surface area contributed by atoms with E-state index < -0.39 is 0 Å². The van der Waals surface area contributed by atoms with Gasteiger partial charge >= 0.3 is 0 Å². The number of aliphatic imine (C=N–C) groups is 1. The summed E-state index contributed by atoms with van der Waals surface area (Å²) in [6.45, 7) is 2.51. The Labute approximate surface area is 163 Å². The van der Waals surface area contributed by atoms with Crippen molar-refractivity contribution in [3.05, 3.63) is 35.9 Å². The SMILES string of the molecule is CN=C(NCCOC1CCCCCC1)NCCC(=O)NCc1ccccc1. The molecule has 0 aromatic heterocycles. The highest BCUT2D eigenvalue weighted by Gasteiger charge is 2.12. The van der Waals surface area contributed by atoms with E-state index in [2.05, 4.69) is 20.9 Å². The zero-order valence-corrected chi connectivity index (χ0v) is 16.5. The van der Waals surface area contributed by atoms with E-state index in [1.54, 1.807) is 7.05 Å². The van der Waals surface area contributed by atoms with Crippen molar-refractivity contribution in [2.75, 3.05) is 26.7 Å². The molecule has 0 bridgehead atoms. The highest BCUT2D eigenvalue weighted by molar-refractivity contribution is 5.81. The molecule has 2 rings (SSSR count). The number of carbonyl (C=O) groups excluding carboxylic acids is 1. The second-order valence-corrected chi connectivity index (χ2v) is 6.92. The van der Waals surface area contributed by atoms with Crippen LogP contribution in [0.15, 0.2) is 35.3 Å². The van der Waals surface area contributed by atoms with Gasteiger partial charge in [-0.25, -0.2) is 0 Å². The van der Waals surface area contributed by atoms with Gasteiger partial charge in [-0.1, -0.05) is 56.0 Å². The molecule has 150 valence electrons. The lowest BCUT2D eigenvalue weighted by molar-refractivity contribution is -0.121. The summed E-state index contributed by atoms with van der Waals surface area (Å²) >= 11 is 0. The highest BCUT2D eigenvalue weighted by Crippen LogP contribution is 2.19. The second-order valence-electron chi connectivity index (χ2n) is 6.92. The van der Waals surface area contributed by atoms with Gasteiger partial charge in [-0.3, -0.25) is 9.79 Å². The number of nitrogens with one attached hydrogen (secondary N) is 3. The molecule has 0 unspecified atom stereocenters. The average Bonchev–Trinajstić information content (AvgIpc) is 2.98. The monoisotopic (exact) mass is 374 g/mol. The third-order valence-corrected chi connectivity index (χ3v) is 4.75. The maximum atomic E-state index is 11.9. The zero-order valence-electron chi connectivity index (χ0n) is 16.5. The van der Waals surface area contributed by atoms with Crippen molar-refractivity contribution in [3.8, 4) is 0 Å². The summed E-state index contributed by atoms with van der Waals surface area (Å²) in [5.74, 6) is 0.730. The summed E-state index contributed by atoms with van der Waals surface area (Å²) in [5, 5.41) is 9.33. The largest absolute Gasteiger partial charge is 0.376 e. The first kappa shape index (κ1) is 21.2. The number of hydrogen-bond acceptors (Lipinski definition) is 3. The van der Waals surface area contributed by atoms with Crippen LogP contribution in [-0.2, 0) is 16.1 Å². The summed E-state index contributed by atoms with van der Waals surface area (Å²) < 4.78 is 5.97. The van der Waals surface area contributed by atoms with Gasteiger partial charge in [0.1, 0.15) is 0 Å². The molecule has 0 spiro atoms. The van der Waals surface area contributed by atoms with E-state index in [4.69, 9.17) is 4.74 Å². The van der Waals surface area contributed by atoms with Gasteiger partial charge in [-0.05, 0) is 18.4 Å². The van der Waals surface area contributed by atoms with Crippen LogP contribution in [0.1, 0.15) is 50.5 Å². The Balaban J connectivity index is 1.52. The van der Waals surface area contributed by atoms with E-state index in [0.29, 0.717) is 38.2 Å². The summed E-state index contributed by atoms with van der Waals surface area (Å²) in [7, 11) is 1.73. The van der Waals surface area contributed by atoms with Gasteiger partial charge in [0.15, 0.2) is 5.96 Å². The fraction of sp³-hybridized carbons (Fsp3) is 0.619. The Bertz CT molecular complexity index is 555. The molecule has 1 aromatic carbocycles. The van der Waals surface area contributed by atoms with E-state index in [1.807, 2.05) is 30.3 Å². The Hall–Kier alpha value is -2.08. The standard InChI is InChI=1S/C21H34N4O2/c1-22-21(24-15-16-27-19-11-7-2-3-8-12-19)23-14-13-20(26)25-17-18-9-5-4-6-10-18/h4-6,9-10,19H,2-3,7-8,11-17H2,1H3,(H,25,26)(H2,22,23,24). The highest BCUT2D eigenvalue weighted by atomic mass is 16.5. The van der Waals surface area contributed by atoms with Crippen LogP contribution in [0.3, 0.4) is 0 Å². The van der Waals surface area contributed by atoms with Gasteiger partial charge in [0.05, 0.1) is 12.7 Å². The molecule has 1 saturated carbocycles. The van der Waals surface area contributed by atoms with E-state index in [1.165, 1.54) is 38.5 Å². The van der Waals surface area contributed by atoms with E-state index in [9.17, 15) is 4.79 Å². The summed E-state index contributed by atoms with van der Waals surface area (Å²) in [6.07, 6.45) is 8.45. The molecule has 0 saturated heterocycles. The van der Waals surface area contributed by atoms with Crippen LogP contribution in [0.5, 0.6) is 0 Å². The topological polar surface area (TPSA) is 74.8 Å². The Morgan fingerprint density at radius 1 is 1.04 bits per heavy atom. The maximum Gasteiger partial charge on any atom is 0.222 e. The van der Waals surface area contributed by atoms with Crippen LogP contribution in [0.2, 0.25) is 0 Å². The first-order valence-corrected chi connectivity index (χ1v) is 10.1. The molecule has 0 aliphatic heterocycles. The third kappa shape index (κ3) is 9.43. The number of hydrogen-bond donors (Lipinski definition) is 3. The van der Waals surface area contributed by atoms with Crippen molar-refractivity contribution >= 4 is 11.9 Å². The van der Waals surface area contributed by atoms with Crippen molar-refractivity contribution in [3.63, 3.8) is 0 Å². The first-order valence-electron chi connectivity index (χ1n) is 10.1. The molecule has 1 aliphatic carbocycles. The molecule has 6 heteroatoms. The molecule has 1 amide bonds. The average molecular weight is 375 g/mol. The van der Waals surface area contributed by atoms with Gasteiger partial charge < -0.3 is 20.7 Å². The molecule has 3 N–H and O–H groups in total. The fourth-order valence-electron chi connectivity index (χ4n) is 3.20. The quantitative estimate of drug-likeness (QED) is 0.269. The molecule has 1 fully saturated rings. The van der Waals surface area contributed by atoms with Crippen molar-refractivity contribution in [2.24, 2.45) is 4.99 Å². The van der Waals surface area contributed by atoms with E-state index >= 15 is 0 Å². The van der Waals surface area contributed by atoms with Crippen LogP contribution >= 0.6 is 0 Å². The Morgan fingerprint density at radius 3 is 2.44 bits per heavy atom. The van der Waals surface area contributed by atoms with Gasteiger partial charge in [0.25, 0.3) is 0 Å². The Morgan fingerprint density at radius 2 is 1.74 bits per heavy atom. The molecule has 1 aromatic rings. The minimum absolute atomic E-state index is 0.0264. The summed E-state index contributed by atoms with van der Waals surface area (Å²) in [4.78, 5) is 16.1. The Kier molecular flexibility index (Phi) is 10.3. The zero-order chi connectivity index (χ0) is 19.2. The number of rotatable bonds is 9. The van der Waals surface area contributed by atoms with Gasteiger partial charge in [-0.15, -0.1) is 0 Å². The smallest absolute Gasteiger partial charge is 0.222 e. The number of ether oxygens (including phenoxy) is 1. The minimum Gasteiger partial charge on any atom is -0.376 e. The fourth-order valence-corrected chi connectivity index (χ4v) is 3.20. The van der Waals surface area contributed by atoms with Crippen LogP contribution in [0.25, 0.3) is 0 Å². The van der Waals surface area contributed by atoms with Crippen LogP contribution in [0, 0.1) is 0 Å². The lowest BCUT2D eigenvalue weighted by atomic mass is 10.1. The van der Waals surface area contributed by atoms with Crippen molar-refractivity contribution < 1.29 is 9.53 Å². The van der Waals surface area contributed by atoms with Gasteiger partial charge in [0, 0.05) is 33.1 Å². The van der Waals surface area contributed by atoms with Crippen molar-refractivity contribution in [1.82, 2.24) is 16.0 Å². The summed E-state index contributed by atoms with van der Waals surface area (Å²) in [6, 6.07) is 9.91. The molecule has 0 atom stereocenters. The minimum atomic E-state index is 0.0264. The molecule has 0 heterocycles. The molecule has 27 heavy (non-hydrogen) atoms. The summed E-state index contributed by atoms with van der Waals surface area (Å²) in [5.41, 5.74) is 1.10. The van der Waals surface area contributed by atoms with Crippen LogP contribution in [-0.4, -0.2) is 44.7 Å². The molecular weight excluding hydrogens is 340 g/mol. The molecule has 0 radical (unpaired) electrons. The lowest BCUT2D eigenvalue weighted by Gasteiger charge is -2.16. The lowest BCUT2D eigenvalue weighted by Crippen LogP contribution is -2.40. The molecular formula is C21H34N4O2. The number of amides is 1. The first-order chi connectivity index (χ1) is 13.3. The second kappa shape index (κ2) is 13.1. The van der Waals surface area contributed by atoms with E-state index in [-0.39, 0.29) is 5.91 Å². The predicted molar refractivity (Wildman–Crippen MR) is 110 cm³/mol. The number of benzene rings is 1. The third-order valence-electron chi connectivity index (χ3n) is 4.75. The normalized spacial score (nSPS) is 15.8. The van der Waals surface area contributed by atoms with Gasteiger partial charge in [0.2, 0.25) is 5.91 Å². The predicted octanol–water partition coefficient (Wildman–Crippen LogP) is 2.60. The molecule has 6 nitrogen and oxygen atoms in total.